The van der Waals surface area contributed by atoms with Crippen LogP contribution in [0.1, 0.15) is 59.8 Å². The van der Waals surface area contributed by atoms with Gasteiger partial charge in [0.1, 0.15) is 11.4 Å². The molecule has 1 heterocycles. The Morgan fingerprint density at radius 3 is 2.40 bits per heavy atom. The zero-order chi connectivity index (χ0) is 22.8. The molecule has 1 fully saturated rings. The normalized spacial score (nSPS) is 17.3. The van der Waals surface area contributed by atoms with Gasteiger partial charge in [0.2, 0.25) is 11.8 Å². The second-order valence-corrected chi connectivity index (χ2v) is 10.9. The Labute approximate surface area is 180 Å². The summed E-state index contributed by atoms with van der Waals surface area (Å²) in [4.78, 5) is 37.9. The zero-order valence-corrected chi connectivity index (χ0v) is 19.5. The number of amides is 3. The second kappa shape index (κ2) is 12.1. The largest absolute Gasteiger partial charge is 0.444 e. The number of alkyl carbamates (subject to hydrolysis) is 1. The lowest BCUT2D eigenvalue weighted by Gasteiger charge is -2.32. The molecule has 1 unspecified atom stereocenters. The van der Waals surface area contributed by atoms with Gasteiger partial charge in [-0.25, -0.2) is 13.2 Å². The van der Waals surface area contributed by atoms with E-state index in [0.29, 0.717) is 25.8 Å². The number of hydrogen-bond acceptors (Lipinski definition) is 6. The molecule has 1 atom stereocenters. The van der Waals surface area contributed by atoms with E-state index in [0.717, 1.165) is 12.8 Å². The van der Waals surface area contributed by atoms with Gasteiger partial charge in [0.05, 0.1) is 11.7 Å². The molecule has 1 aliphatic heterocycles. The van der Waals surface area contributed by atoms with Crippen LogP contribution in [-0.4, -0.2) is 74.5 Å². The Bertz CT molecular complexity index is 687. The summed E-state index contributed by atoms with van der Waals surface area (Å²) in [5, 5.41) is 5.31. The first-order valence-electron chi connectivity index (χ1n) is 10.7. The van der Waals surface area contributed by atoms with E-state index in [4.69, 9.17) is 4.74 Å². The van der Waals surface area contributed by atoms with Crippen LogP contribution in [0.15, 0.2) is 0 Å². The van der Waals surface area contributed by atoms with Crippen molar-refractivity contribution in [2.24, 2.45) is 5.92 Å². The molecular weight excluding hydrogens is 410 g/mol. The Morgan fingerprint density at radius 2 is 1.77 bits per heavy atom. The lowest BCUT2D eigenvalue weighted by molar-refractivity contribution is -0.133. The maximum absolute atomic E-state index is 12.4. The predicted octanol–water partition coefficient (Wildman–Crippen LogP) is 1.47. The maximum atomic E-state index is 12.4. The average molecular weight is 448 g/mol. The van der Waals surface area contributed by atoms with E-state index >= 15 is 0 Å². The first-order chi connectivity index (χ1) is 13.9. The Morgan fingerprint density at radius 1 is 1.10 bits per heavy atom. The minimum absolute atomic E-state index is 0.0228. The number of hydrogen-bond donors (Lipinski definition) is 2. The van der Waals surface area contributed by atoms with E-state index < -0.39 is 33.2 Å². The monoisotopic (exact) mass is 447 g/mol. The molecule has 10 heteroatoms. The van der Waals surface area contributed by atoms with E-state index in [-0.39, 0.29) is 37.2 Å². The van der Waals surface area contributed by atoms with Gasteiger partial charge in [0.25, 0.3) is 0 Å². The van der Waals surface area contributed by atoms with Crippen molar-refractivity contribution < 1.29 is 27.5 Å². The number of nitrogens with one attached hydrogen (secondary N) is 2. The second-order valence-electron chi connectivity index (χ2n) is 8.70. The fourth-order valence-electron chi connectivity index (χ4n) is 3.15. The molecule has 0 radical (unpaired) electrons. The molecule has 0 spiro atoms. The molecule has 9 nitrogen and oxygen atoms in total. The molecule has 0 aromatic rings. The highest BCUT2D eigenvalue weighted by atomic mass is 32.2. The third kappa shape index (κ3) is 10.8. The number of sulfone groups is 1. The van der Waals surface area contributed by atoms with Gasteiger partial charge in [-0.15, -0.1) is 0 Å². The van der Waals surface area contributed by atoms with Crippen molar-refractivity contribution in [1.29, 1.82) is 0 Å². The molecular formula is C20H37N3O6S. The average Bonchev–Trinajstić information content (AvgIpc) is 2.63. The van der Waals surface area contributed by atoms with Gasteiger partial charge in [-0.3, -0.25) is 9.59 Å². The summed E-state index contributed by atoms with van der Waals surface area (Å²) in [6.45, 7) is 8.44. The van der Waals surface area contributed by atoms with Crippen LogP contribution in [0.3, 0.4) is 0 Å². The summed E-state index contributed by atoms with van der Waals surface area (Å²) < 4.78 is 29.4. The summed E-state index contributed by atoms with van der Waals surface area (Å²) in [6.07, 6.45) is 3.04. The molecule has 0 bridgehead atoms. The first kappa shape index (κ1) is 26.2. The number of nitrogens with zero attached hydrogens (tertiary/aromatic N) is 1. The lowest BCUT2D eigenvalue weighted by Crippen LogP contribution is -2.48. The van der Waals surface area contributed by atoms with Gasteiger partial charge in [-0.05, 0) is 40.0 Å². The van der Waals surface area contributed by atoms with E-state index in [2.05, 4.69) is 10.6 Å². The van der Waals surface area contributed by atoms with Crippen LogP contribution in [0.4, 0.5) is 4.79 Å². The summed E-state index contributed by atoms with van der Waals surface area (Å²) in [5.74, 6) is -1.49. The fourth-order valence-corrected chi connectivity index (χ4v) is 4.50. The number of piperidine rings is 1. The van der Waals surface area contributed by atoms with Crippen molar-refractivity contribution in [1.82, 2.24) is 15.5 Å². The molecule has 0 aliphatic carbocycles. The van der Waals surface area contributed by atoms with Crippen molar-refractivity contribution in [2.45, 2.75) is 65.4 Å². The lowest BCUT2D eigenvalue weighted by atomic mass is 9.97. The van der Waals surface area contributed by atoms with Crippen LogP contribution in [0.25, 0.3) is 0 Å². The van der Waals surface area contributed by atoms with Gasteiger partial charge >= 0.3 is 6.09 Å². The Kier molecular flexibility index (Phi) is 10.6. The zero-order valence-electron chi connectivity index (χ0n) is 18.7. The number of rotatable bonds is 10. The highest BCUT2D eigenvalue weighted by Crippen LogP contribution is 2.17. The number of unbranched alkanes of at least 4 members (excludes halogenated alkanes) is 2. The summed E-state index contributed by atoms with van der Waals surface area (Å²) in [6, 6.07) is 0. The van der Waals surface area contributed by atoms with Gasteiger partial charge in [0, 0.05) is 26.2 Å². The summed E-state index contributed by atoms with van der Waals surface area (Å²) in [7, 11) is -3.42. The van der Waals surface area contributed by atoms with Crippen molar-refractivity contribution in [3.63, 3.8) is 0 Å². The van der Waals surface area contributed by atoms with Crippen molar-refractivity contribution >= 4 is 27.7 Å². The highest BCUT2D eigenvalue weighted by molar-refractivity contribution is 7.92. The van der Waals surface area contributed by atoms with Crippen molar-refractivity contribution in [2.75, 3.05) is 37.7 Å². The molecule has 1 aliphatic rings. The molecule has 1 rings (SSSR count). The fraction of sp³-hybridized carbons (Fsp3) is 0.850. The molecule has 174 valence electrons. The molecule has 1 saturated heterocycles. The third-order valence-electron chi connectivity index (χ3n) is 4.64. The maximum Gasteiger partial charge on any atom is 0.407 e. The number of likely N-dealkylation sites (tertiary alicyclic amines) is 1. The molecule has 3 amide bonds. The quantitative estimate of drug-likeness (QED) is 0.489. The number of carbonyl (C=O) groups is 3. The van der Waals surface area contributed by atoms with Gasteiger partial charge in [-0.1, -0.05) is 19.8 Å². The highest BCUT2D eigenvalue weighted by Gasteiger charge is 2.30. The Hall–Kier alpha value is -1.84. The summed E-state index contributed by atoms with van der Waals surface area (Å²) >= 11 is 0. The van der Waals surface area contributed by atoms with Crippen LogP contribution in [0, 0.1) is 5.92 Å². The molecule has 2 N–H and O–H groups in total. The molecule has 0 aromatic heterocycles. The van der Waals surface area contributed by atoms with Gasteiger partial charge in [-0.2, -0.15) is 0 Å². The van der Waals surface area contributed by atoms with Crippen LogP contribution in [0.2, 0.25) is 0 Å². The van der Waals surface area contributed by atoms with E-state index in [9.17, 15) is 22.8 Å². The van der Waals surface area contributed by atoms with Crippen LogP contribution >= 0.6 is 0 Å². The van der Waals surface area contributed by atoms with Gasteiger partial charge in [0.15, 0.2) is 9.84 Å². The van der Waals surface area contributed by atoms with E-state index in [1.54, 1.807) is 20.8 Å². The molecule has 0 saturated carbocycles. The van der Waals surface area contributed by atoms with Crippen molar-refractivity contribution in [3.8, 4) is 0 Å². The standard InChI is InChI=1S/C20H37N3O6S/c1-5-6-7-13-30(27,28)15-17(24)23-12-8-9-16(14-23)18(25)21-10-11-22-19(26)29-20(2,3)4/h16H,5-15H2,1-4H3,(H,21,25)(H,22,26). The first-order valence-corrected chi connectivity index (χ1v) is 12.5. The minimum atomic E-state index is -3.42. The smallest absolute Gasteiger partial charge is 0.407 e. The minimum Gasteiger partial charge on any atom is -0.444 e. The molecule has 30 heavy (non-hydrogen) atoms. The third-order valence-corrected chi connectivity index (χ3v) is 6.24. The predicted molar refractivity (Wildman–Crippen MR) is 115 cm³/mol. The van der Waals surface area contributed by atoms with Crippen LogP contribution in [0.5, 0.6) is 0 Å². The van der Waals surface area contributed by atoms with Crippen LogP contribution in [-0.2, 0) is 24.2 Å². The SMILES string of the molecule is CCCCCS(=O)(=O)CC(=O)N1CCCC(C(=O)NCCNC(=O)OC(C)(C)C)C1. The number of ether oxygens (including phenoxy) is 1. The van der Waals surface area contributed by atoms with Crippen molar-refractivity contribution in [3.05, 3.63) is 0 Å². The summed E-state index contributed by atoms with van der Waals surface area (Å²) in [5.41, 5.74) is -0.588. The molecule has 0 aromatic carbocycles. The number of carbonyl (C=O) groups excluding carboxylic acids is 3. The van der Waals surface area contributed by atoms with E-state index in [1.165, 1.54) is 4.90 Å². The van der Waals surface area contributed by atoms with E-state index in [1.807, 2.05) is 6.92 Å². The van der Waals surface area contributed by atoms with Crippen LogP contribution < -0.4 is 10.6 Å². The topological polar surface area (TPSA) is 122 Å². The van der Waals surface area contributed by atoms with Gasteiger partial charge < -0.3 is 20.3 Å². The Balaban J connectivity index is 2.40.